The van der Waals surface area contributed by atoms with E-state index in [0.717, 1.165) is 4.57 Å². The summed E-state index contributed by atoms with van der Waals surface area (Å²) in [5, 5.41) is 68.9. The average Bonchev–Trinajstić information content (AvgIpc) is 3.19. The molecule has 0 spiro atoms. The number of benzene rings is 1. The number of anilines is 1. The van der Waals surface area contributed by atoms with Crippen LogP contribution in [0.5, 0.6) is 0 Å². The number of ether oxygens (including phenoxy) is 2. The second-order valence-corrected chi connectivity index (χ2v) is 9.74. The van der Waals surface area contributed by atoms with Crippen molar-refractivity contribution in [3.63, 3.8) is 0 Å². The third kappa shape index (κ3) is 8.82. The van der Waals surface area contributed by atoms with E-state index in [-0.39, 0.29) is 35.2 Å². The minimum atomic E-state index is -1.80. The molecule has 1 aliphatic heterocycles. The van der Waals surface area contributed by atoms with Crippen LogP contribution in [0.2, 0.25) is 0 Å². The summed E-state index contributed by atoms with van der Waals surface area (Å²) in [5.74, 6) is -0.552. The van der Waals surface area contributed by atoms with Gasteiger partial charge in [0.2, 0.25) is 0 Å². The summed E-state index contributed by atoms with van der Waals surface area (Å²) in [5.41, 5.74) is 4.72. The average molecular weight is 585 g/mol. The minimum absolute atomic E-state index is 0.0537. The summed E-state index contributed by atoms with van der Waals surface area (Å²) < 4.78 is 11.6. The number of hydrogen-bond acceptors (Lipinski definition) is 14. The van der Waals surface area contributed by atoms with Crippen LogP contribution in [0.3, 0.4) is 0 Å². The van der Waals surface area contributed by atoms with Crippen LogP contribution in [0.15, 0.2) is 41.3 Å². The molecule has 0 bridgehead atoms. The second kappa shape index (κ2) is 15.0. The van der Waals surface area contributed by atoms with Gasteiger partial charge in [-0.15, -0.1) is 0 Å². The zero-order valence-electron chi connectivity index (χ0n) is 22.6. The number of ketones is 1. The Hall–Kier alpha value is -3.35. The highest BCUT2D eigenvalue weighted by molar-refractivity contribution is 5.76. The van der Waals surface area contributed by atoms with Gasteiger partial charge >= 0.3 is 5.69 Å². The Bertz CT molecular complexity index is 1230. The predicted molar refractivity (Wildman–Crippen MR) is 141 cm³/mol. The number of nitrogens with two attached hydrogens (primary N) is 1. The molecule has 8 N–H and O–H groups in total. The molecule has 0 saturated carbocycles. The molecule has 1 fully saturated rings. The molecule has 8 atom stereocenters. The van der Waals surface area contributed by atoms with Gasteiger partial charge in [0, 0.05) is 18.7 Å². The van der Waals surface area contributed by atoms with Crippen molar-refractivity contribution in [3.05, 3.63) is 62.7 Å². The van der Waals surface area contributed by atoms with E-state index in [1.54, 1.807) is 19.9 Å². The van der Waals surface area contributed by atoms with Gasteiger partial charge in [0.05, 0.1) is 29.3 Å². The molecule has 2 aromatic rings. The number of aromatic nitrogens is 2. The largest absolute Gasteiger partial charge is 0.394 e. The fourth-order valence-electron chi connectivity index (χ4n) is 4.05. The van der Waals surface area contributed by atoms with Crippen molar-refractivity contribution in [2.75, 3.05) is 12.3 Å². The van der Waals surface area contributed by atoms with Crippen LogP contribution in [-0.2, 0) is 14.3 Å². The smallest absolute Gasteiger partial charge is 0.351 e. The first-order valence-corrected chi connectivity index (χ1v) is 12.6. The monoisotopic (exact) mass is 584 g/mol. The van der Waals surface area contributed by atoms with Crippen LogP contribution in [0, 0.1) is 16.0 Å². The van der Waals surface area contributed by atoms with Gasteiger partial charge in [-0.1, -0.05) is 26.0 Å². The lowest BCUT2D eigenvalue weighted by molar-refractivity contribution is -0.386. The van der Waals surface area contributed by atoms with E-state index in [4.69, 9.17) is 20.3 Å². The normalized spacial score (nSPS) is 23.3. The lowest BCUT2D eigenvalue weighted by atomic mass is 9.97. The van der Waals surface area contributed by atoms with E-state index in [2.05, 4.69) is 4.98 Å². The van der Waals surface area contributed by atoms with Gasteiger partial charge in [0.15, 0.2) is 12.5 Å². The summed E-state index contributed by atoms with van der Waals surface area (Å²) in [6.07, 6.45) is -9.47. The molecule has 2 heterocycles. The lowest BCUT2D eigenvalue weighted by Crippen LogP contribution is -2.41. The molecule has 4 unspecified atom stereocenters. The zero-order chi connectivity index (χ0) is 31.0. The number of carbonyl (C=O) groups excluding carboxylic acids is 1. The van der Waals surface area contributed by atoms with Crippen molar-refractivity contribution in [1.82, 2.24) is 9.55 Å². The van der Waals surface area contributed by atoms with Crippen LogP contribution in [0.4, 0.5) is 11.5 Å². The quantitative estimate of drug-likeness (QED) is 0.0926. The van der Waals surface area contributed by atoms with Crippen LogP contribution in [0.25, 0.3) is 0 Å². The van der Waals surface area contributed by atoms with Gasteiger partial charge in [-0.05, 0) is 25.0 Å². The Morgan fingerprint density at radius 2 is 1.83 bits per heavy atom. The summed E-state index contributed by atoms with van der Waals surface area (Å²) in [6, 6.07) is 7.32. The molecule has 1 aliphatic rings. The molecule has 0 aliphatic carbocycles. The fourth-order valence-corrected chi connectivity index (χ4v) is 4.05. The maximum Gasteiger partial charge on any atom is 0.351 e. The Labute approximate surface area is 234 Å². The molecule has 1 aromatic heterocycles. The van der Waals surface area contributed by atoms with Crippen molar-refractivity contribution >= 4 is 17.3 Å². The van der Waals surface area contributed by atoms with Crippen LogP contribution >= 0.6 is 0 Å². The standard InChI is InChI=1S/C16H23NO7.C9H13N3O5/c1-9(2)15(11-6-4-5-7-12(11)17(22)23)24-16(21)14(20)13(19)8-10(3)18;10-5-1-2-12(9(16)11-5)8-7(15)6(14)4(3-13)17-8/h4-7,9,13-16,19-21H,8H2,1-3H3;1-2,4,6-8,13-15H,3H2,(H2,10,11,16)/t;4-,6-,7-,8-/m.1/s1. The van der Waals surface area contributed by atoms with Crippen LogP contribution < -0.4 is 11.4 Å². The first-order valence-electron chi connectivity index (χ1n) is 12.6. The van der Waals surface area contributed by atoms with Crippen molar-refractivity contribution in [2.24, 2.45) is 5.92 Å². The first kappa shape index (κ1) is 33.9. The third-order valence-corrected chi connectivity index (χ3v) is 6.16. The number of nitrogen functional groups attached to an aromatic ring is 1. The first-order chi connectivity index (χ1) is 19.2. The van der Waals surface area contributed by atoms with E-state index < -0.39 is 66.4 Å². The SMILES string of the molecule is CC(=O)CC(O)C(O)C(O)OC(c1ccccc1[N+](=O)[O-])C(C)C.Nc1ccn([C@@H]2O[C@H](CO)[C@@H](O)[C@H]2O)c(=O)n1. The Kier molecular flexibility index (Phi) is 12.4. The Morgan fingerprint density at radius 3 is 2.34 bits per heavy atom. The number of nitro groups is 1. The number of nitrogens with zero attached hydrogens (tertiary/aromatic N) is 3. The van der Waals surface area contributed by atoms with Gasteiger partial charge in [0.1, 0.15) is 36.0 Å². The van der Waals surface area contributed by atoms with Gasteiger partial charge in [-0.2, -0.15) is 4.98 Å². The van der Waals surface area contributed by atoms with E-state index in [9.17, 15) is 45.2 Å². The molecule has 41 heavy (non-hydrogen) atoms. The second-order valence-electron chi connectivity index (χ2n) is 9.74. The number of carbonyl (C=O) groups is 1. The molecule has 0 amide bonds. The van der Waals surface area contributed by atoms with E-state index in [1.807, 2.05) is 0 Å². The summed E-state index contributed by atoms with van der Waals surface area (Å²) in [4.78, 5) is 36.6. The molecular formula is C25H36N4O12. The molecule has 228 valence electrons. The van der Waals surface area contributed by atoms with Crippen LogP contribution in [-0.4, -0.2) is 94.3 Å². The number of hydrogen-bond donors (Lipinski definition) is 7. The Morgan fingerprint density at radius 1 is 1.20 bits per heavy atom. The molecule has 16 nitrogen and oxygen atoms in total. The molecule has 1 aromatic carbocycles. The number of Topliss-reactive ketones (excluding diaryl/α,β-unsaturated/α-hetero) is 1. The van der Waals surface area contributed by atoms with E-state index in [1.165, 1.54) is 37.4 Å². The van der Waals surface area contributed by atoms with E-state index in [0.29, 0.717) is 0 Å². The van der Waals surface area contributed by atoms with Crippen molar-refractivity contribution < 1.29 is 49.8 Å². The van der Waals surface area contributed by atoms with Gasteiger partial charge in [0.25, 0.3) is 5.69 Å². The highest BCUT2D eigenvalue weighted by atomic mass is 16.6. The van der Waals surface area contributed by atoms with Crippen LogP contribution in [0.1, 0.15) is 45.1 Å². The Balaban J connectivity index is 0.000000303. The maximum atomic E-state index is 11.5. The van der Waals surface area contributed by atoms with Gasteiger partial charge in [-0.25, -0.2) is 4.79 Å². The molecule has 0 radical (unpaired) electrons. The number of aliphatic hydroxyl groups excluding tert-OH is 6. The zero-order valence-corrected chi connectivity index (χ0v) is 22.6. The number of aliphatic hydroxyl groups is 6. The highest BCUT2D eigenvalue weighted by Crippen LogP contribution is 2.34. The minimum Gasteiger partial charge on any atom is -0.394 e. The van der Waals surface area contributed by atoms with Gasteiger partial charge in [-0.3, -0.25) is 19.5 Å². The van der Waals surface area contributed by atoms with Crippen molar-refractivity contribution in [2.45, 2.75) is 76.3 Å². The topological polar surface area (TPSA) is 261 Å². The number of nitro benzene ring substituents is 1. The number of rotatable bonds is 11. The maximum absolute atomic E-state index is 11.5. The molecule has 16 heteroatoms. The summed E-state index contributed by atoms with van der Waals surface area (Å²) in [7, 11) is 0. The molecule has 1 saturated heterocycles. The van der Waals surface area contributed by atoms with Gasteiger partial charge < -0.3 is 45.8 Å². The third-order valence-electron chi connectivity index (χ3n) is 6.16. The predicted octanol–water partition coefficient (Wildman–Crippen LogP) is -1.24. The van der Waals surface area contributed by atoms with Crippen molar-refractivity contribution in [3.8, 4) is 0 Å². The molecule has 3 rings (SSSR count). The summed E-state index contributed by atoms with van der Waals surface area (Å²) >= 11 is 0. The fraction of sp³-hybridized carbons (Fsp3) is 0.560. The van der Waals surface area contributed by atoms with E-state index >= 15 is 0 Å². The molecular weight excluding hydrogens is 548 g/mol. The number of para-hydroxylation sites is 1. The highest BCUT2D eigenvalue weighted by Gasteiger charge is 2.43. The lowest BCUT2D eigenvalue weighted by Gasteiger charge is -2.29. The van der Waals surface area contributed by atoms with Crippen molar-refractivity contribution in [1.29, 1.82) is 0 Å². The summed E-state index contributed by atoms with van der Waals surface area (Å²) in [6.45, 7) is 4.28.